The SMILES string of the molecule is Cc1ccc(C(=O)OCC2OC(C(=O)C=N)[C@H](OC(=O)c3ccc(C)cc3)[C@]2(C)OC(=O)c2ccc(C)cc2)cc1. The van der Waals surface area contributed by atoms with Gasteiger partial charge in [0, 0.05) is 0 Å². The minimum Gasteiger partial charge on any atom is -0.459 e. The van der Waals surface area contributed by atoms with Crippen LogP contribution in [0.3, 0.4) is 0 Å². The van der Waals surface area contributed by atoms with E-state index in [-0.39, 0.29) is 11.1 Å². The van der Waals surface area contributed by atoms with E-state index in [1.807, 2.05) is 20.8 Å². The van der Waals surface area contributed by atoms with Gasteiger partial charge in [-0.05, 0) is 64.1 Å². The minimum atomic E-state index is -1.78. The number of carbonyl (C=O) groups is 4. The molecule has 1 aliphatic heterocycles. The maximum Gasteiger partial charge on any atom is 0.338 e. The first-order chi connectivity index (χ1) is 19.5. The van der Waals surface area contributed by atoms with Crippen LogP contribution in [0.1, 0.15) is 54.7 Å². The second-order valence-corrected chi connectivity index (χ2v) is 10.2. The Kier molecular flexibility index (Phi) is 8.78. The molecule has 0 amide bonds. The molecule has 0 aromatic heterocycles. The van der Waals surface area contributed by atoms with Gasteiger partial charge in [0.25, 0.3) is 0 Å². The molecule has 212 valence electrons. The number of ether oxygens (including phenoxy) is 4. The lowest BCUT2D eigenvalue weighted by atomic mass is 9.90. The van der Waals surface area contributed by atoms with Crippen molar-refractivity contribution in [2.75, 3.05) is 6.61 Å². The van der Waals surface area contributed by atoms with Gasteiger partial charge < -0.3 is 24.4 Å². The van der Waals surface area contributed by atoms with Crippen molar-refractivity contribution < 1.29 is 38.1 Å². The number of hydrogen-bond donors (Lipinski definition) is 1. The summed E-state index contributed by atoms with van der Waals surface area (Å²) in [6, 6.07) is 20.0. The fraction of sp³-hybridized carbons (Fsp3) is 0.281. The monoisotopic (exact) mass is 557 g/mol. The molecule has 3 aromatic carbocycles. The summed E-state index contributed by atoms with van der Waals surface area (Å²) in [5.74, 6) is -3.01. The van der Waals surface area contributed by atoms with E-state index in [0.29, 0.717) is 11.8 Å². The second-order valence-electron chi connectivity index (χ2n) is 10.2. The molecule has 0 saturated carbocycles. The summed E-state index contributed by atoms with van der Waals surface area (Å²) in [6.45, 7) is 6.64. The van der Waals surface area contributed by atoms with Crippen molar-refractivity contribution in [1.82, 2.24) is 0 Å². The van der Waals surface area contributed by atoms with Crippen molar-refractivity contribution in [3.8, 4) is 0 Å². The maximum atomic E-state index is 13.3. The fourth-order valence-corrected chi connectivity index (χ4v) is 4.42. The Morgan fingerprint density at radius 3 is 1.66 bits per heavy atom. The number of hydrogen-bond acceptors (Lipinski definition) is 9. The van der Waals surface area contributed by atoms with Crippen LogP contribution in [0.5, 0.6) is 0 Å². The minimum absolute atomic E-state index is 0.207. The van der Waals surface area contributed by atoms with E-state index < -0.39 is 54.2 Å². The van der Waals surface area contributed by atoms with E-state index >= 15 is 0 Å². The summed E-state index contributed by atoms with van der Waals surface area (Å²) in [5.41, 5.74) is 1.76. The topological polar surface area (TPSA) is 129 Å². The van der Waals surface area contributed by atoms with Gasteiger partial charge in [-0.3, -0.25) is 4.79 Å². The van der Waals surface area contributed by atoms with Gasteiger partial charge in [-0.2, -0.15) is 0 Å². The van der Waals surface area contributed by atoms with Gasteiger partial charge in [-0.15, -0.1) is 0 Å². The number of Topliss-reactive ketones (excluding diaryl/α,β-unsaturated/α-hetero) is 1. The molecule has 4 atom stereocenters. The van der Waals surface area contributed by atoms with Crippen LogP contribution in [-0.4, -0.2) is 60.4 Å². The van der Waals surface area contributed by atoms with Crippen molar-refractivity contribution >= 4 is 29.9 Å². The van der Waals surface area contributed by atoms with E-state index in [9.17, 15) is 19.2 Å². The Bertz CT molecular complexity index is 1450. The molecule has 0 bridgehead atoms. The van der Waals surface area contributed by atoms with Crippen LogP contribution in [0.4, 0.5) is 0 Å². The van der Waals surface area contributed by atoms with Gasteiger partial charge in [0.2, 0.25) is 5.78 Å². The smallest absolute Gasteiger partial charge is 0.338 e. The first-order valence-electron chi connectivity index (χ1n) is 13.0. The maximum absolute atomic E-state index is 13.3. The predicted octanol–water partition coefficient (Wildman–Crippen LogP) is 4.60. The Morgan fingerprint density at radius 1 is 0.756 bits per heavy atom. The molecule has 4 rings (SSSR count). The number of nitrogens with one attached hydrogen (secondary N) is 1. The van der Waals surface area contributed by atoms with Gasteiger partial charge in [0.1, 0.15) is 12.7 Å². The molecule has 0 aliphatic carbocycles. The quantitative estimate of drug-likeness (QED) is 0.230. The highest BCUT2D eigenvalue weighted by Crippen LogP contribution is 2.38. The van der Waals surface area contributed by atoms with Crippen molar-refractivity contribution in [1.29, 1.82) is 5.41 Å². The van der Waals surface area contributed by atoms with Crippen LogP contribution in [0.2, 0.25) is 0 Å². The molecular weight excluding hydrogens is 526 g/mol. The normalized spacial score (nSPS) is 21.5. The molecule has 1 saturated heterocycles. The fourth-order valence-electron chi connectivity index (χ4n) is 4.42. The van der Waals surface area contributed by atoms with E-state index in [2.05, 4.69) is 0 Å². The Morgan fingerprint density at radius 2 is 1.20 bits per heavy atom. The molecule has 9 heteroatoms. The first-order valence-corrected chi connectivity index (χ1v) is 13.0. The summed E-state index contributed by atoms with van der Waals surface area (Å²) in [4.78, 5) is 52.0. The Balaban J connectivity index is 1.67. The van der Waals surface area contributed by atoms with Gasteiger partial charge in [0.15, 0.2) is 17.8 Å². The Hall–Kier alpha value is -4.63. The highest BCUT2D eigenvalue weighted by atomic mass is 16.7. The number of rotatable bonds is 9. The predicted molar refractivity (Wildman–Crippen MR) is 149 cm³/mol. The third kappa shape index (κ3) is 6.58. The van der Waals surface area contributed by atoms with Gasteiger partial charge >= 0.3 is 17.9 Å². The summed E-state index contributed by atoms with van der Waals surface area (Å²) in [6.07, 6.45) is -3.61. The molecular formula is C32H31NO8. The summed E-state index contributed by atoms with van der Waals surface area (Å²) < 4.78 is 23.1. The molecule has 0 spiro atoms. The van der Waals surface area contributed by atoms with E-state index in [1.54, 1.807) is 72.8 Å². The van der Waals surface area contributed by atoms with Crippen LogP contribution in [0, 0.1) is 26.2 Å². The molecule has 1 fully saturated rings. The Labute approximate surface area is 237 Å². The molecule has 2 unspecified atom stereocenters. The molecule has 1 aliphatic rings. The molecule has 9 nitrogen and oxygen atoms in total. The van der Waals surface area contributed by atoms with Crippen molar-refractivity contribution in [3.63, 3.8) is 0 Å². The standard InChI is InChI=1S/C32H31NO8/c1-19-5-11-22(12-6-19)29(35)38-18-26-32(4,41-31(37)24-15-9-21(3)10-16-24)28(27(39-26)25(34)17-33)40-30(36)23-13-7-20(2)8-14-23/h5-17,26-28,33H,18H2,1-4H3/t26?,27?,28-,32+/m0/s1. The third-order valence-electron chi connectivity index (χ3n) is 6.99. The third-order valence-corrected chi connectivity index (χ3v) is 6.99. The number of benzene rings is 3. The number of carbonyl (C=O) groups excluding carboxylic acids is 4. The number of esters is 3. The average Bonchev–Trinajstić information content (AvgIpc) is 3.22. The van der Waals surface area contributed by atoms with E-state index in [4.69, 9.17) is 24.4 Å². The molecule has 0 radical (unpaired) electrons. The zero-order valence-electron chi connectivity index (χ0n) is 23.2. The number of aryl methyl sites for hydroxylation is 3. The van der Waals surface area contributed by atoms with Crippen molar-refractivity contribution in [2.45, 2.75) is 51.6 Å². The number of ketones is 1. The summed E-state index contributed by atoms with van der Waals surface area (Å²) >= 11 is 0. The van der Waals surface area contributed by atoms with Crippen molar-refractivity contribution in [3.05, 3.63) is 106 Å². The lowest BCUT2D eigenvalue weighted by Gasteiger charge is -2.34. The van der Waals surface area contributed by atoms with Gasteiger partial charge in [0.05, 0.1) is 22.9 Å². The summed E-state index contributed by atoms with van der Waals surface area (Å²) in [7, 11) is 0. The molecule has 1 heterocycles. The summed E-state index contributed by atoms with van der Waals surface area (Å²) in [5, 5.41) is 7.54. The zero-order chi connectivity index (χ0) is 29.7. The van der Waals surface area contributed by atoms with Crippen LogP contribution in [-0.2, 0) is 23.7 Å². The van der Waals surface area contributed by atoms with Gasteiger partial charge in [-0.1, -0.05) is 53.1 Å². The second kappa shape index (κ2) is 12.3. The van der Waals surface area contributed by atoms with Crippen LogP contribution < -0.4 is 0 Å². The highest BCUT2D eigenvalue weighted by Gasteiger charge is 2.61. The van der Waals surface area contributed by atoms with Gasteiger partial charge in [-0.25, -0.2) is 14.4 Å². The largest absolute Gasteiger partial charge is 0.459 e. The highest BCUT2D eigenvalue weighted by molar-refractivity contribution is 6.28. The average molecular weight is 558 g/mol. The van der Waals surface area contributed by atoms with E-state index in [0.717, 1.165) is 16.7 Å². The van der Waals surface area contributed by atoms with Crippen LogP contribution in [0.25, 0.3) is 0 Å². The first kappa shape index (κ1) is 29.4. The lowest BCUT2D eigenvalue weighted by Crippen LogP contribution is -2.53. The molecule has 3 aromatic rings. The zero-order valence-corrected chi connectivity index (χ0v) is 23.2. The van der Waals surface area contributed by atoms with Crippen LogP contribution in [0.15, 0.2) is 72.8 Å². The van der Waals surface area contributed by atoms with Crippen LogP contribution >= 0.6 is 0 Å². The van der Waals surface area contributed by atoms with Crippen molar-refractivity contribution in [2.24, 2.45) is 0 Å². The molecule has 41 heavy (non-hydrogen) atoms. The molecule has 1 N–H and O–H groups in total. The lowest BCUT2D eigenvalue weighted by molar-refractivity contribution is -0.127. The van der Waals surface area contributed by atoms with E-state index in [1.165, 1.54) is 6.92 Å².